The summed E-state index contributed by atoms with van der Waals surface area (Å²) in [4.78, 5) is 38.5. The van der Waals surface area contributed by atoms with E-state index in [0.717, 1.165) is 0 Å². The Morgan fingerprint density at radius 1 is 0.857 bits per heavy atom. The largest absolute Gasteiger partial charge is 0.493 e. The fourth-order valence-corrected chi connectivity index (χ4v) is 3.75. The second-order valence-corrected chi connectivity index (χ2v) is 7.27. The van der Waals surface area contributed by atoms with Crippen LogP contribution in [-0.4, -0.2) is 66.4 Å². The second-order valence-electron chi connectivity index (χ2n) is 7.27. The molecule has 0 unspecified atom stereocenters. The number of hydrogen-bond acceptors (Lipinski definition) is 11. The smallest absolute Gasteiger partial charge is 0.355 e. The van der Waals surface area contributed by atoms with Crippen molar-refractivity contribution in [2.24, 2.45) is 0 Å². The van der Waals surface area contributed by atoms with Crippen LogP contribution in [0.4, 0.5) is 5.95 Å². The molecule has 0 amide bonds. The first-order valence-electron chi connectivity index (χ1n) is 10.3. The van der Waals surface area contributed by atoms with Gasteiger partial charge in [-0.2, -0.15) is 4.68 Å². The number of anilines is 1. The van der Waals surface area contributed by atoms with Crippen molar-refractivity contribution in [3.8, 4) is 11.5 Å². The van der Waals surface area contributed by atoms with Gasteiger partial charge in [-0.1, -0.05) is 17.2 Å². The first kappa shape index (κ1) is 23.4. The van der Waals surface area contributed by atoms with Crippen LogP contribution in [0.3, 0.4) is 0 Å². The number of hydrogen-bond donors (Lipinski definition) is 1. The molecule has 35 heavy (non-hydrogen) atoms. The Bertz CT molecular complexity index is 1330. The lowest BCUT2D eigenvalue weighted by Gasteiger charge is -2.28. The van der Waals surface area contributed by atoms with Crippen LogP contribution in [-0.2, 0) is 14.3 Å². The predicted molar refractivity (Wildman–Crippen MR) is 120 cm³/mol. The highest BCUT2D eigenvalue weighted by Crippen LogP contribution is 2.38. The minimum Gasteiger partial charge on any atom is -0.493 e. The molecule has 4 rings (SSSR count). The summed E-state index contributed by atoms with van der Waals surface area (Å²) in [6.07, 6.45) is 0. The van der Waals surface area contributed by atoms with Crippen molar-refractivity contribution in [3.63, 3.8) is 0 Å². The van der Waals surface area contributed by atoms with Crippen LogP contribution in [0.5, 0.6) is 11.5 Å². The van der Waals surface area contributed by atoms with Gasteiger partial charge in [0.1, 0.15) is 11.7 Å². The van der Waals surface area contributed by atoms with E-state index in [4.69, 9.17) is 18.9 Å². The van der Waals surface area contributed by atoms with Gasteiger partial charge in [0, 0.05) is 5.56 Å². The van der Waals surface area contributed by atoms with Crippen LogP contribution < -0.4 is 14.8 Å². The van der Waals surface area contributed by atoms with E-state index in [2.05, 4.69) is 20.8 Å². The zero-order valence-corrected chi connectivity index (χ0v) is 19.3. The molecule has 2 heterocycles. The molecule has 0 saturated heterocycles. The van der Waals surface area contributed by atoms with Crippen molar-refractivity contribution in [1.82, 2.24) is 20.2 Å². The van der Waals surface area contributed by atoms with Gasteiger partial charge in [-0.3, -0.25) is 4.79 Å². The standard InChI is InChI=1S/C23H21N5O7/c1-32-15-10-9-14(11-16(15)33-2)20(29)17-18(22(31)35-4)24-23-25-26-27-28(23)19(17)12-5-7-13(8-6-12)21(30)34-3/h5-11,19H,1-4H3,(H,24,25,27)/t19-/m0/s1. The molecule has 0 spiro atoms. The number of nitrogens with one attached hydrogen (secondary N) is 1. The molecule has 1 aliphatic heterocycles. The molecular weight excluding hydrogens is 458 g/mol. The fourth-order valence-electron chi connectivity index (χ4n) is 3.75. The summed E-state index contributed by atoms with van der Waals surface area (Å²) >= 11 is 0. The Balaban J connectivity index is 1.90. The number of ketones is 1. The average molecular weight is 479 g/mol. The van der Waals surface area contributed by atoms with Crippen LogP contribution in [0.2, 0.25) is 0 Å². The van der Waals surface area contributed by atoms with Crippen molar-refractivity contribution in [3.05, 3.63) is 70.4 Å². The van der Waals surface area contributed by atoms with Crippen molar-refractivity contribution in [2.75, 3.05) is 33.8 Å². The molecule has 0 saturated carbocycles. The summed E-state index contributed by atoms with van der Waals surface area (Å²) in [6.45, 7) is 0. The van der Waals surface area contributed by atoms with Gasteiger partial charge in [0.15, 0.2) is 17.3 Å². The maximum absolute atomic E-state index is 13.9. The van der Waals surface area contributed by atoms with Gasteiger partial charge in [-0.25, -0.2) is 9.59 Å². The summed E-state index contributed by atoms with van der Waals surface area (Å²) < 4.78 is 21.6. The van der Waals surface area contributed by atoms with Gasteiger partial charge in [-0.05, 0) is 46.3 Å². The molecule has 0 radical (unpaired) electrons. The zero-order chi connectivity index (χ0) is 25.1. The normalized spacial score (nSPS) is 14.5. The number of fused-ring (bicyclic) bond motifs is 1. The quantitative estimate of drug-likeness (QED) is 0.391. The first-order chi connectivity index (χ1) is 16.9. The molecule has 3 aromatic rings. The van der Waals surface area contributed by atoms with Crippen LogP contribution in [0.15, 0.2) is 53.7 Å². The summed E-state index contributed by atoms with van der Waals surface area (Å²) in [5, 5.41) is 14.4. The molecule has 12 heteroatoms. The van der Waals surface area contributed by atoms with E-state index < -0.39 is 23.8 Å². The van der Waals surface area contributed by atoms with E-state index in [1.807, 2.05) is 0 Å². The minimum atomic E-state index is -0.914. The molecule has 2 aromatic carbocycles. The number of ether oxygens (including phenoxy) is 4. The average Bonchev–Trinajstić information content (AvgIpc) is 3.38. The molecule has 1 N–H and O–H groups in total. The SMILES string of the molecule is COC(=O)C1=C(C(=O)c2ccc(OC)c(OC)c2)[C@H](c2ccc(C(=O)OC)cc2)n2nnnc2N1. The summed E-state index contributed by atoms with van der Waals surface area (Å²) in [6, 6.07) is 10.1. The number of Topliss-reactive ketones (excluding diaryl/α,β-unsaturated/α-hetero) is 1. The molecule has 0 bridgehead atoms. The van der Waals surface area contributed by atoms with E-state index in [0.29, 0.717) is 22.6 Å². The summed E-state index contributed by atoms with van der Waals surface area (Å²) in [7, 11) is 5.41. The molecule has 0 aliphatic carbocycles. The van der Waals surface area contributed by atoms with Gasteiger partial charge in [0.05, 0.1) is 39.6 Å². The molecular formula is C23H21N5O7. The van der Waals surface area contributed by atoms with Crippen molar-refractivity contribution in [2.45, 2.75) is 6.04 Å². The number of carbonyl (C=O) groups excluding carboxylic acids is 3. The third-order valence-electron chi connectivity index (χ3n) is 5.44. The van der Waals surface area contributed by atoms with Gasteiger partial charge in [0.2, 0.25) is 5.95 Å². The summed E-state index contributed by atoms with van der Waals surface area (Å²) in [5.41, 5.74) is 1.00. The number of aromatic nitrogens is 4. The molecule has 0 fully saturated rings. The van der Waals surface area contributed by atoms with E-state index >= 15 is 0 Å². The highest BCUT2D eigenvalue weighted by molar-refractivity contribution is 6.15. The number of nitrogens with zero attached hydrogens (tertiary/aromatic N) is 4. The lowest BCUT2D eigenvalue weighted by atomic mass is 9.89. The Morgan fingerprint density at radius 3 is 2.14 bits per heavy atom. The zero-order valence-electron chi connectivity index (χ0n) is 19.3. The fraction of sp³-hybridized carbons (Fsp3) is 0.217. The second kappa shape index (κ2) is 9.63. The lowest BCUT2D eigenvalue weighted by molar-refractivity contribution is -0.136. The monoisotopic (exact) mass is 479 g/mol. The van der Waals surface area contributed by atoms with Crippen LogP contribution in [0.25, 0.3) is 0 Å². The first-order valence-corrected chi connectivity index (χ1v) is 10.3. The Kier molecular flexibility index (Phi) is 6.44. The van der Waals surface area contributed by atoms with E-state index in [1.165, 1.54) is 39.2 Å². The molecule has 1 atom stereocenters. The molecule has 12 nitrogen and oxygen atoms in total. The Labute approximate surface area is 199 Å². The highest BCUT2D eigenvalue weighted by Gasteiger charge is 2.38. The number of benzene rings is 2. The van der Waals surface area contributed by atoms with Crippen molar-refractivity contribution >= 4 is 23.7 Å². The van der Waals surface area contributed by atoms with E-state index in [9.17, 15) is 14.4 Å². The Hall–Kier alpha value is -4.74. The predicted octanol–water partition coefficient (Wildman–Crippen LogP) is 1.80. The third-order valence-corrected chi connectivity index (χ3v) is 5.44. The van der Waals surface area contributed by atoms with E-state index in [-0.39, 0.29) is 22.8 Å². The van der Waals surface area contributed by atoms with E-state index in [1.54, 1.807) is 36.4 Å². The lowest BCUT2D eigenvalue weighted by Crippen LogP contribution is -2.33. The maximum atomic E-state index is 13.9. The molecule has 180 valence electrons. The van der Waals surface area contributed by atoms with Crippen LogP contribution in [0.1, 0.15) is 32.3 Å². The number of esters is 2. The number of methoxy groups -OCH3 is 4. The Morgan fingerprint density at radius 2 is 1.51 bits per heavy atom. The number of tetrazole rings is 1. The third kappa shape index (κ3) is 4.16. The summed E-state index contributed by atoms with van der Waals surface area (Å²) in [5.74, 6) is -0.884. The van der Waals surface area contributed by atoms with Gasteiger partial charge < -0.3 is 24.3 Å². The van der Waals surface area contributed by atoms with Gasteiger partial charge in [0.25, 0.3) is 0 Å². The minimum absolute atomic E-state index is 0.0367. The number of rotatable bonds is 7. The number of carbonyl (C=O) groups is 3. The van der Waals surface area contributed by atoms with Crippen molar-refractivity contribution in [1.29, 1.82) is 0 Å². The molecule has 1 aromatic heterocycles. The maximum Gasteiger partial charge on any atom is 0.355 e. The van der Waals surface area contributed by atoms with Gasteiger partial charge in [-0.15, -0.1) is 0 Å². The highest BCUT2D eigenvalue weighted by atomic mass is 16.5. The van der Waals surface area contributed by atoms with Crippen LogP contribution >= 0.6 is 0 Å². The topological polar surface area (TPSA) is 144 Å². The van der Waals surface area contributed by atoms with Crippen molar-refractivity contribution < 1.29 is 33.3 Å². The van der Waals surface area contributed by atoms with Gasteiger partial charge >= 0.3 is 11.9 Å². The number of allylic oxidation sites excluding steroid dienone is 1. The van der Waals surface area contributed by atoms with Crippen LogP contribution in [0, 0.1) is 0 Å². The molecule has 1 aliphatic rings.